The number of aliphatic carboxylic acids is 1. The molecule has 0 radical (unpaired) electrons. The lowest BCUT2D eigenvalue weighted by Crippen LogP contribution is -2.50. The third-order valence-corrected chi connectivity index (χ3v) is 5.55. The summed E-state index contributed by atoms with van der Waals surface area (Å²) in [6, 6.07) is -1.16. The Morgan fingerprint density at radius 1 is 1.00 bits per heavy atom. The lowest BCUT2D eigenvalue weighted by atomic mass is 10.1. The van der Waals surface area contributed by atoms with Gasteiger partial charge in [0, 0.05) is 6.42 Å². The first kappa shape index (κ1) is 33.4. The van der Waals surface area contributed by atoms with Crippen molar-refractivity contribution in [2.75, 3.05) is 19.7 Å². The molecule has 2 aliphatic carbocycles. The molecule has 2 aliphatic rings. The first-order valence-corrected chi connectivity index (χ1v) is 12.5. The maximum atomic E-state index is 12.1. The van der Waals surface area contributed by atoms with Gasteiger partial charge >= 0.3 is 12.1 Å². The van der Waals surface area contributed by atoms with Gasteiger partial charge in [-0.05, 0) is 55.8 Å². The van der Waals surface area contributed by atoms with Crippen molar-refractivity contribution in [3.8, 4) is 12.8 Å². The van der Waals surface area contributed by atoms with Crippen LogP contribution < -0.4 is 21.7 Å². The molecule has 0 aliphatic heterocycles. The average molecular weight is 523 g/mol. The van der Waals surface area contributed by atoms with Crippen LogP contribution in [0.1, 0.15) is 59.3 Å². The van der Waals surface area contributed by atoms with Gasteiger partial charge in [-0.1, -0.05) is 32.9 Å². The molecule has 0 bridgehead atoms. The monoisotopic (exact) mass is 522 g/mol. The number of hydrogen-bond acceptors (Lipinski definition) is 6. The fraction of sp³-hybridized carbons (Fsp3) is 0.654. The molecule has 0 aromatic rings. The maximum absolute atomic E-state index is 12.1. The van der Waals surface area contributed by atoms with Crippen LogP contribution in [-0.4, -0.2) is 60.6 Å². The van der Waals surface area contributed by atoms with Gasteiger partial charge in [-0.3, -0.25) is 19.2 Å². The highest BCUT2D eigenvalue weighted by atomic mass is 16.5. The second-order valence-electron chi connectivity index (χ2n) is 9.54. The number of terminal acetylenes is 1. The van der Waals surface area contributed by atoms with Crippen molar-refractivity contribution in [1.29, 1.82) is 0 Å². The number of carboxylic acid groups (broad SMARTS) is 1. The molecular formula is C26H42N4O7. The number of hydrogen-bond donors (Lipinski definition) is 5. The zero-order valence-corrected chi connectivity index (χ0v) is 22.0. The quantitative estimate of drug-likeness (QED) is 0.202. The molecular weight excluding hydrogens is 480 g/mol. The van der Waals surface area contributed by atoms with Crippen LogP contribution in [0.15, 0.2) is 12.2 Å². The van der Waals surface area contributed by atoms with Crippen molar-refractivity contribution < 1.29 is 33.8 Å². The SMILES string of the molecule is C#C.CC(C)C.NC(=O)CC[C@H](NC(=O)CNC(=O)OCC1[C@H]2CC/C=C\CC[C@@H]12)C(=O)NCC(=O)O. The molecule has 37 heavy (non-hydrogen) atoms. The first-order valence-electron chi connectivity index (χ1n) is 12.5. The van der Waals surface area contributed by atoms with Crippen molar-refractivity contribution in [1.82, 2.24) is 16.0 Å². The molecule has 0 heterocycles. The summed E-state index contributed by atoms with van der Waals surface area (Å²) in [5, 5.41) is 15.4. The number of allylic oxidation sites excluding steroid dienone is 2. The largest absolute Gasteiger partial charge is 0.480 e. The second kappa shape index (κ2) is 18.7. The van der Waals surface area contributed by atoms with E-state index in [9.17, 15) is 24.0 Å². The molecule has 6 N–H and O–H groups in total. The van der Waals surface area contributed by atoms with Crippen LogP contribution in [0, 0.1) is 36.5 Å². The number of nitrogens with two attached hydrogens (primary N) is 1. The van der Waals surface area contributed by atoms with E-state index in [-0.39, 0.29) is 12.8 Å². The number of carbonyl (C=O) groups is 5. The average Bonchev–Trinajstić information content (AvgIpc) is 3.46. The minimum absolute atomic E-state index is 0.101. The second-order valence-corrected chi connectivity index (χ2v) is 9.54. The lowest BCUT2D eigenvalue weighted by molar-refractivity contribution is -0.138. The van der Waals surface area contributed by atoms with E-state index in [1.54, 1.807) is 0 Å². The summed E-state index contributed by atoms with van der Waals surface area (Å²) in [6.45, 7) is 5.74. The maximum Gasteiger partial charge on any atom is 0.407 e. The number of nitrogens with one attached hydrogen (secondary N) is 3. The van der Waals surface area contributed by atoms with Crippen molar-refractivity contribution in [2.24, 2.45) is 29.4 Å². The van der Waals surface area contributed by atoms with Crippen molar-refractivity contribution in [2.45, 2.75) is 65.3 Å². The Hall–Kier alpha value is -3.55. The van der Waals surface area contributed by atoms with E-state index in [4.69, 9.17) is 15.6 Å². The van der Waals surface area contributed by atoms with E-state index in [2.05, 4.69) is 61.7 Å². The van der Waals surface area contributed by atoms with E-state index in [0.29, 0.717) is 24.4 Å². The Morgan fingerprint density at radius 3 is 2.03 bits per heavy atom. The summed E-state index contributed by atoms with van der Waals surface area (Å²) in [5.41, 5.74) is 5.06. The summed E-state index contributed by atoms with van der Waals surface area (Å²) < 4.78 is 5.23. The minimum atomic E-state index is -1.25. The summed E-state index contributed by atoms with van der Waals surface area (Å²) in [7, 11) is 0. The molecule has 11 heteroatoms. The molecule has 1 fully saturated rings. The molecule has 0 saturated heterocycles. The Labute approximate surface area is 219 Å². The number of ether oxygens (including phenoxy) is 1. The van der Waals surface area contributed by atoms with E-state index < -0.39 is 48.9 Å². The number of rotatable bonds is 11. The van der Waals surface area contributed by atoms with Gasteiger partial charge < -0.3 is 31.5 Å². The number of alkyl carbamates (subject to hydrolysis) is 1. The molecule has 4 amide bonds. The zero-order chi connectivity index (χ0) is 28.4. The van der Waals surface area contributed by atoms with Crippen LogP contribution in [0.4, 0.5) is 4.79 Å². The summed E-state index contributed by atoms with van der Waals surface area (Å²) in [4.78, 5) is 57.6. The number of primary amides is 1. The van der Waals surface area contributed by atoms with Crippen molar-refractivity contribution in [3.63, 3.8) is 0 Å². The highest BCUT2D eigenvalue weighted by Crippen LogP contribution is 2.52. The molecule has 0 aromatic carbocycles. The van der Waals surface area contributed by atoms with Crippen LogP contribution in [0.2, 0.25) is 0 Å². The van der Waals surface area contributed by atoms with Gasteiger partial charge in [0.15, 0.2) is 0 Å². The summed E-state index contributed by atoms with van der Waals surface area (Å²) in [6.07, 6.45) is 15.6. The van der Waals surface area contributed by atoms with Crippen molar-refractivity contribution in [3.05, 3.63) is 12.2 Å². The summed E-state index contributed by atoms with van der Waals surface area (Å²) in [5.74, 6) is -1.03. The van der Waals surface area contributed by atoms with Crippen LogP contribution >= 0.6 is 0 Å². The van der Waals surface area contributed by atoms with Gasteiger partial charge in [0.05, 0.1) is 6.61 Å². The Morgan fingerprint density at radius 2 is 1.54 bits per heavy atom. The fourth-order valence-electron chi connectivity index (χ4n) is 3.90. The van der Waals surface area contributed by atoms with E-state index in [1.807, 2.05) is 0 Å². The molecule has 1 saturated carbocycles. The Bertz CT molecular complexity index is 791. The molecule has 0 aromatic heterocycles. The molecule has 208 valence electrons. The fourth-order valence-corrected chi connectivity index (χ4v) is 3.90. The number of carbonyl (C=O) groups excluding carboxylic acids is 4. The van der Waals surface area contributed by atoms with Gasteiger partial charge in [0.25, 0.3) is 0 Å². The van der Waals surface area contributed by atoms with Gasteiger partial charge in [-0.2, -0.15) is 0 Å². The Kier molecular flexibility index (Phi) is 16.9. The van der Waals surface area contributed by atoms with Crippen LogP contribution in [0.5, 0.6) is 0 Å². The molecule has 11 nitrogen and oxygen atoms in total. The highest BCUT2D eigenvalue weighted by Gasteiger charge is 2.49. The third-order valence-electron chi connectivity index (χ3n) is 5.55. The number of amides is 4. The topological polar surface area (TPSA) is 177 Å². The smallest absolute Gasteiger partial charge is 0.407 e. The van der Waals surface area contributed by atoms with Crippen LogP contribution in [0.3, 0.4) is 0 Å². The zero-order valence-electron chi connectivity index (χ0n) is 22.0. The predicted molar refractivity (Wildman–Crippen MR) is 139 cm³/mol. The molecule has 2 rings (SSSR count). The predicted octanol–water partition coefficient (Wildman–Crippen LogP) is 1.57. The molecule has 1 unspecified atom stereocenters. The third kappa shape index (κ3) is 15.9. The number of carboxylic acids is 1. The van der Waals surface area contributed by atoms with Crippen LogP contribution in [-0.2, 0) is 23.9 Å². The normalized spacial score (nSPS) is 20.9. The van der Waals surface area contributed by atoms with E-state index >= 15 is 0 Å². The van der Waals surface area contributed by atoms with E-state index in [0.717, 1.165) is 31.6 Å². The van der Waals surface area contributed by atoms with Crippen molar-refractivity contribution >= 4 is 29.8 Å². The van der Waals surface area contributed by atoms with Gasteiger partial charge in [0.1, 0.15) is 19.1 Å². The summed E-state index contributed by atoms with van der Waals surface area (Å²) >= 11 is 0. The van der Waals surface area contributed by atoms with Gasteiger partial charge in [-0.25, -0.2) is 4.79 Å². The molecule has 4 atom stereocenters. The molecule has 0 spiro atoms. The van der Waals surface area contributed by atoms with Gasteiger partial charge in [0.2, 0.25) is 17.7 Å². The van der Waals surface area contributed by atoms with Gasteiger partial charge in [-0.15, -0.1) is 12.8 Å². The van der Waals surface area contributed by atoms with E-state index in [1.165, 1.54) is 0 Å². The highest BCUT2D eigenvalue weighted by molar-refractivity contribution is 5.91. The lowest BCUT2D eigenvalue weighted by Gasteiger charge is -2.17. The standard InChI is InChI=1S/C20H30N4O7.C4H10.C2H2/c21-16(25)8-7-15(19(29)22-10-18(27)28)24-17(26)9-23-20(30)31-11-14-12-5-3-1-2-4-6-13(12)14;1-4(2)3;1-2/h1-2,12-15H,3-11H2,(H2,21,25)(H,22,29)(H,23,30)(H,24,26)(H,27,28);4H,1-3H3;1-2H/b2-1-;;/t12-,13+,14?,15-;;/m0../s1. The van der Waals surface area contributed by atoms with Crippen LogP contribution in [0.25, 0.3) is 0 Å². The first-order chi connectivity index (χ1) is 17.5. The Balaban J connectivity index is 0.00000196. The minimum Gasteiger partial charge on any atom is -0.480 e. The number of fused-ring (bicyclic) bond motifs is 1.